The number of rotatable bonds is 7. The molecular formula is C24H18N4O4S. The first kappa shape index (κ1) is 20.9. The van der Waals surface area contributed by atoms with Crippen LogP contribution in [0.15, 0.2) is 71.9 Å². The fourth-order valence-electron chi connectivity index (χ4n) is 4.01. The summed E-state index contributed by atoms with van der Waals surface area (Å²) in [6, 6.07) is 20.2. The molecule has 0 fully saturated rings. The molecule has 8 nitrogen and oxygen atoms in total. The lowest BCUT2D eigenvalue weighted by molar-refractivity contribution is -0.133. The van der Waals surface area contributed by atoms with Gasteiger partial charge >= 0.3 is 5.97 Å². The van der Waals surface area contributed by atoms with Crippen molar-refractivity contribution in [1.29, 1.82) is 0 Å². The molecule has 5 rings (SSSR count). The average Bonchev–Trinajstić information content (AvgIpc) is 3.24. The molecule has 4 aromatic rings. The third-order valence-electron chi connectivity index (χ3n) is 5.45. The molecule has 0 aliphatic carbocycles. The smallest absolute Gasteiger partial charge is 0.313 e. The van der Waals surface area contributed by atoms with E-state index in [1.54, 1.807) is 16.7 Å². The molecule has 164 valence electrons. The highest BCUT2D eigenvalue weighted by atomic mass is 32.2. The SMILES string of the molecule is O=C(O)CSc1nnc(CCN2C(=O)c3cccc4cccc(c34)C2=O)n1-c1ccccc1. The van der Waals surface area contributed by atoms with Crippen molar-refractivity contribution < 1.29 is 19.5 Å². The van der Waals surface area contributed by atoms with E-state index in [4.69, 9.17) is 5.11 Å². The van der Waals surface area contributed by atoms with Gasteiger partial charge < -0.3 is 5.11 Å². The number of aromatic nitrogens is 3. The highest BCUT2D eigenvalue weighted by Crippen LogP contribution is 2.30. The third kappa shape index (κ3) is 3.76. The lowest BCUT2D eigenvalue weighted by atomic mass is 9.94. The Balaban J connectivity index is 1.46. The molecule has 33 heavy (non-hydrogen) atoms. The first-order valence-electron chi connectivity index (χ1n) is 10.3. The summed E-state index contributed by atoms with van der Waals surface area (Å²) in [5.74, 6) is -1.26. The normalized spacial score (nSPS) is 13.0. The van der Waals surface area contributed by atoms with Crippen LogP contribution in [0.3, 0.4) is 0 Å². The van der Waals surface area contributed by atoms with Crippen LogP contribution in [0.2, 0.25) is 0 Å². The second-order valence-electron chi connectivity index (χ2n) is 7.47. The molecular weight excluding hydrogens is 440 g/mol. The highest BCUT2D eigenvalue weighted by Gasteiger charge is 2.32. The molecule has 0 saturated carbocycles. The van der Waals surface area contributed by atoms with Gasteiger partial charge in [0.25, 0.3) is 11.8 Å². The predicted molar refractivity (Wildman–Crippen MR) is 123 cm³/mol. The summed E-state index contributed by atoms with van der Waals surface area (Å²) in [5.41, 5.74) is 1.78. The fraction of sp³-hybridized carbons (Fsp3) is 0.125. The molecule has 1 aliphatic rings. The third-order valence-corrected chi connectivity index (χ3v) is 6.37. The molecule has 0 spiro atoms. The number of aliphatic carboxylic acids is 1. The summed E-state index contributed by atoms with van der Waals surface area (Å²) in [7, 11) is 0. The molecule has 3 aromatic carbocycles. The number of thioether (sulfide) groups is 1. The van der Waals surface area contributed by atoms with Gasteiger partial charge in [0.1, 0.15) is 5.82 Å². The summed E-state index contributed by atoms with van der Waals surface area (Å²) in [6.45, 7) is 0.122. The first-order valence-corrected chi connectivity index (χ1v) is 11.3. The van der Waals surface area contributed by atoms with E-state index in [9.17, 15) is 14.4 Å². The maximum Gasteiger partial charge on any atom is 0.313 e. The molecule has 0 radical (unpaired) electrons. The highest BCUT2D eigenvalue weighted by molar-refractivity contribution is 7.99. The number of hydrogen-bond donors (Lipinski definition) is 1. The Labute approximate surface area is 192 Å². The number of amides is 2. The van der Waals surface area contributed by atoms with E-state index in [-0.39, 0.29) is 30.5 Å². The Hall–Kier alpha value is -3.98. The monoisotopic (exact) mass is 458 g/mol. The Morgan fingerprint density at radius 1 is 0.879 bits per heavy atom. The van der Waals surface area contributed by atoms with Gasteiger partial charge in [0.15, 0.2) is 5.16 Å². The number of carboxylic acid groups (broad SMARTS) is 1. The van der Waals surface area contributed by atoms with Gasteiger partial charge in [-0.05, 0) is 29.7 Å². The zero-order chi connectivity index (χ0) is 22.9. The number of carboxylic acids is 1. The minimum atomic E-state index is -0.957. The van der Waals surface area contributed by atoms with Crippen molar-refractivity contribution in [3.05, 3.63) is 83.7 Å². The standard InChI is InChI=1S/C24H18N4O4S/c29-20(30)14-33-24-26-25-19(28(24)16-8-2-1-3-9-16)12-13-27-22(31)17-10-4-6-15-7-5-11-18(21(15)17)23(27)32/h1-11H,12-14H2,(H,29,30). The van der Waals surface area contributed by atoms with Crippen LogP contribution in [0.1, 0.15) is 26.5 Å². The van der Waals surface area contributed by atoms with Gasteiger partial charge in [-0.2, -0.15) is 0 Å². The van der Waals surface area contributed by atoms with Crippen molar-refractivity contribution in [2.45, 2.75) is 11.6 Å². The van der Waals surface area contributed by atoms with E-state index in [1.807, 2.05) is 54.6 Å². The maximum absolute atomic E-state index is 13.2. The van der Waals surface area contributed by atoms with E-state index >= 15 is 0 Å². The lowest BCUT2D eigenvalue weighted by Gasteiger charge is -2.27. The van der Waals surface area contributed by atoms with Crippen molar-refractivity contribution in [3.8, 4) is 5.69 Å². The van der Waals surface area contributed by atoms with Crippen molar-refractivity contribution >= 4 is 40.3 Å². The molecule has 0 unspecified atom stereocenters. The topological polar surface area (TPSA) is 105 Å². The van der Waals surface area contributed by atoms with Gasteiger partial charge in [-0.1, -0.05) is 54.2 Å². The minimum Gasteiger partial charge on any atom is -0.481 e. The van der Waals surface area contributed by atoms with Crippen LogP contribution < -0.4 is 0 Å². The van der Waals surface area contributed by atoms with E-state index in [0.717, 1.165) is 22.8 Å². The van der Waals surface area contributed by atoms with Crippen LogP contribution in [0.5, 0.6) is 0 Å². The number of carbonyl (C=O) groups is 3. The zero-order valence-corrected chi connectivity index (χ0v) is 18.2. The average molecular weight is 458 g/mol. The quantitative estimate of drug-likeness (QED) is 0.334. The molecule has 0 atom stereocenters. The van der Waals surface area contributed by atoms with E-state index in [2.05, 4.69) is 10.2 Å². The number of para-hydroxylation sites is 1. The number of hydrogen-bond acceptors (Lipinski definition) is 6. The van der Waals surface area contributed by atoms with Gasteiger partial charge in [0.2, 0.25) is 0 Å². The van der Waals surface area contributed by atoms with Crippen LogP contribution in [-0.2, 0) is 11.2 Å². The van der Waals surface area contributed by atoms with E-state index in [0.29, 0.717) is 27.5 Å². The van der Waals surface area contributed by atoms with E-state index < -0.39 is 5.97 Å². The summed E-state index contributed by atoms with van der Waals surface area (Å²) in [5, 5.41) is 19.4. The second kappa shape index (κ2) is 8.51. The molecule has 1 N–H and O–H groups in total. The van der Waals surface area contributed by atoms with E-state index in [1.165, 1.54) is 4.90 Å². The van der Waals surface area contributed by atoms with Crippen molar-refractivity contribution in [1.82, 2.24) is 19.7 Å². The Bertz CT molecular complexity index is 1350. The number of imide groups is 1. The van der Waals surface area contributed by atoms with Gasteiger partial charge in [-0.15, -0.1) is 10.2 Å². The Morgan fingerprint density at radius 2 is 1.55 bits per heavy atom. The van der Waals surface area contributed by atoms with Gasteiger partial charge in [0.05, 0.1) is 5.75 Å². The number of benzene rings is 3. The molecule has 1 aromatic heterocycles. The van der Waals surface area contributed by atoms with Crippen molar-refractivity contribution in [2.75, 3.05) is 12.3 Å². The molecule has 1 aliphatic heterocycles. The van der Waals surface area contributed by atoms with Gasteiger partial charge in [-0.25, -0.2) is 0 Å². The zero-order valence-electron chi connectivity index (χ0n) is 17.3. The molecule has 2 amide bonds. The lowest BCUT2D eigenvalue weighted by Crippen LogP contribution is -2.41. The number of carbonyl (C=O) groups excluding carboxylic acids is 2. The minimum absolute atomic E-state index is 0.122. The van der Waals surface area contributed by atoms with Crippen LogP contribution in [0.4, 0.5) is 0 Å². The largest absolute Gasteiger partial charge is 0.481 e. The fourth-order valence-corrected chi connectivity index (χ4v) is 4.70. The molecule has 9 heteroatoms. The van der Waals surface area contributed by atoms with Crippen molar-refractivity contribution in [2.24, 2.45) is 0 Å². The summed E-state index contributed by atoms with van der Waals surface area (Å²) in [6.07, 6.45) is 0.269. The van der Waals surface area contributed by atoms with Crippen LogP contribution in [0, 0.1) is 0 Å². The number of nitrogens with zero attached hydrogens (tertiary/aromatic N) is 4. The predicted octanol–water partition coefficient (Wildman–Crippen LogP) is 3.44. The summed E-state index contributed by atoms with van der Waals surface area (Å²) >= 11 is 1.06. The Kier molecular flexibility index (Phi) is 5.39. The van der Waals surface area contributed by atoms with Crippen LogP contribution in [-0.4, -0.2) is 54.9 Å². The van der Waals surface area contributed by atoms with Crippen LogP contribution >= 0.6 is 11.8 Å². The molecule has 2 heterocycles. The maximum atomic E-state index is 13.2. The second-order valence-corrected chi connectivity index (χ2v) is 8.42. The molecule has 0 bridgehead atoms. The first-order chi connectivity index (χ1) is 16.0. The summed E-state index contributed by atoms with van der Waals surface area (Å²) in [4.78, 5) is 38.6. The summed E-state index contributed by atoms with van der Waals surface area (Å²) < 4.78 is 1.77. The Morgan fingerprint density at radius 3 is 2.18 bits per heavy atom. The van der Waals surface area contributed by atoms with Gasteiger partial charge in [-0.3, -0.25) is 23.9 Å². The molecule has 0 saturated heterocycles. The van der Waals surface area contributed by atoms with Crippen LogP contribution in [0.25, 0.3) is 16.5 Å². The van der Waals surface area contributed by atoms with Gasteiger partial charge in [0, 0.05) is 35.2 Å². The van der Waals surface area contributed by atoms with Crippen molar-refractivity contribution in [3.63, 3.8) is 0 Å².